The maximum atomic E-state index is 15.2. The summed E-state index contributed by atoms with van der Waals surface area (Å²) in [6.45, 7) is 2.94. The minimum atomic E-state index is -4.85. The predicted molar refractivity (Wildman–Crippen MR) is 138 cm³/mol. The summed E-state index contributed by atoms with van der Waals surface area (Å²) in [4.78, 5) is 25.0. The van der Waals surface area contributed by atoms with Crippen LogP contribution in [0, 0.1) is 5.82 Å². The van der Waals surface area contributed by atoms with Crippen LogP contribution in [0.25, 0.3) is 11.0 Å². The van der Waals surface area contributed by atoms with Crippen molar-refractivity contribution < 1.29 is 27.1 Å². The maximum Gasteiger partial charge on any atom is 0.573 e. The van der Waals surface area contributed by atoms with E-state index in [9.17, 15) is 18.0 Å². The van der Waals surface area contributed by atoms with Gasteiger partial charge in [-0.3, -0.25) is 4.79 Å². The number of carbonyl (C=O) groups excluding carboxylic acids is 1. The lowest BCUT2D eigenvalue weighted by atomic mass is 9.87. The van der Waals surface area contributed by atoms with Gasteiger partial charge in [0, 0.05) is 53.4 Å². The topological polar surface area (TPSA) is 87.5 Å². The van der Waals surface area contributed by atoms with Gasteiger partial charge in [-0.1, -0.05) is 0 Å². The lowest BCUT2D eigenvalue weighted by Crippen LogP contribution is -2.38. The van der Waals surface area contributed by atoms with Crippen molar-refractivity contribution in [2.45, 2.75) is 62.8 Å². The van der Waals surface area contributed by atoms with Crippen LogP contribution in [0.3, 0.4) is 0 Å². The summed E-state index contributed by atoms with van der Waals surface area (Å²) in [6, 6.07) is 6.16. The fraction of sp³-hybridized carbons (Fsp3) is 0.500. The number of piperidine rings is 2. The van der Waals surface area contributed by atoms with Gasteiger partial charge in [0.2, 0.25) is 0 Å². The summed E-state index contributed by atoms with van der Waals surface area (Å²) in [5, 5.41) is 0.809. The first-order chi connectivity index (χ1) is 18.7. The lowest BCUT2D eigenvalue weighted by Gasteiger charge is -2.33. The molecule has 2 aromatic heterocycles. The Morgan fingerprint density at radius 2 is 1.69 bits per heavy atom. The number of anilines is 1. The van der Waals surface area contributed by atoms with Crippen LogP contribution >= 0.6 is 0 Å². The molecule has 3 fully saturated rings. The number of rotatable bonds is 5. The first-order valence-corrected chi connectivity index (χ1v) is 13.5. The molecule has 1 aliphatic carbocycles. The molecule has 0 bridgehead atoms. The molecule has 0 radical (unpaired) electrons. The molecule has 1 aromatic carbocycles. The molecule has 2 aliphatic heterocycles. The molecule has 0 unspecified atom stereocenters. The van der Waals surface area contributed by atoms with Crippen molar-refractivity contribution in [3.63, 3.8) is 0 Å². The molecule has 3 aromatic rings. The molecule has 2 saturated heterocycles. The van der Waals surface area contributed by atoms with E-state index in [2.05, 4.69) is 25.7 Å². The summed E-state index contributed by atoms with van der Waals surface area (Å²) in [5.74, 6) is -0.869. The number of aromatic nitrogens is 2. The normalized spacial score (nSPS) is 20.1. The number of hydrogen-bond acceptors (Lipinski definition) is 5. The molecule has 39 heavy (non-hydrogen) atoms. The van der Waals surface area contributed by atoms with Crippen LogP contribution in [-0.2, 0) is 0 Å². The molecule has 1 amide bonds. The van der Waals surface area contributed by atoms with Crippen molar-refractivity contribution in [3.05, 3.63) is 53.1 Å². The second kappa shape index (κ2) is 10.0. The number of nitrogen functional groups attached to an aromatic ring is 1. The van der Waals surface area contributed by atoms with Crippen molar-refractivity contribution in [3.8, 4) is 5.75 Å². The van der Waals surface area contributed by atoms with E-state index in [1.807, 2.05) is 0 Å². The van der Waals surface area contributed by atoms with E-state index in [0.29, 0.717) is 43.1 Å². The highest BCUT2D eigenvalue weighted by Gasteiger charge is 2.34. The van der Waals surface area contributed by atoms with Gasteiger partial charge in [0.05, 0.1) is 11.8 Å². The van der Waals surface area contributed by atoms with Gasteiger partial charge in [-0.05, 0) is 75.7 Å². The van der Waals surface area contributed by atoms with Gasteiger partial charge in [-0.2, -0.15) is 0 Å². The van der Waals surface area contributed by atoms with Gasteiger partial charge in [-0.25, -0.2) is 9.37 Å². The van der Waals surface area contributed by atoms with Gasteiger partial charge >= 0.3 is 6.36 Å². The number of H-pyrrole nitrogens is 1. The number of pyridine rings is 1. The largest absolute Gasteiger partial charge is 0.573 e. The number of likely N-dealkylation sites (tertiary alicyclic amines) is 2. The molecule has 7 nitrogen and oxygen atoms in total. The van der Waals surface area contributed by atoms with Crippen LogP contribution in [-0.4, -0.2) is 64.3 Å². The molecular weight excluding hydrogens is 514 g/mol. The predicted octanol–water partition coefficient (Wildman–Crippen LogP) is 5.54. The zero-order chi connectivity index (χ0) is 27.3. The molecule has 11 heteroatoms. The highest BCUT2D eigenvalue weighted by molar-refractivity contribution is 5.99. The van der Waals surface area contributed by atoms with E-state index in [1.165, 1.54) is 25.1 Å². The number of fused-ring (bicyclic) bond motifs is 1. The summed E-state index contributed by atoms with van der Waals surface area (Å²) >= 11 is 0. The number of ether oxygens (including phenoxy) is 1. The standard InChI is InChI=1S/C28H31F4N5O2/c29-22-15-34-26-21(14-24(35-26)16-5-9-36(10-6-16)18-1-2-18)25(22)17-7-11-37(12-8-17)27(38)20-4-3-19(13-23(20)33)39-28(30,31)32/h3-4,13-18H,1-2,5-12,33H2,(H,34,35). The molecule has 1 saturated carbocycles. The first kappa shape index (κ1) is 25.9. The van der Waals surface area contributed by atoms with Crippen molar-refractivity contribution in [2.75, 3.05) is 31.9 Å². The Hall–Kier alpha value is -3.34. The third kappa shape index (κ3) is 5.41. The van der Waals surface area contributed by atoms with Crippen LogP contribution in [0.15, 0.2) is 30.5 Å². The van der Waals surface area contributed by atoms with Crippen molar-refractivity contribution in [1.29, 1.82) is 0 Å². The van der Waals surface area contributed by atoms with E-state index in [4.69, 9.17) is 5.73 Å². The van der Waals surface area contributed by atoms with Crippen LogP contribution < -0.4 is 10.5 Å². The molecule has 4 heterocycles. The van der Waals surface area contributed by atoms with Gasteiger partial charge < -0.3 is 25.3 Å². The van der Waals surface area contributed by atoms with Crippen LogP contribution in [0.2, 0.25) is 0 Å². The van der Waals surface area contributed by atoms with E-state index in [-0.39, 0.29) is 28.9 Å². The van der Waals surface area contributed by atoms with Gasteiger partial charge in [0.25, 0.3) is 5.91 Å². The fourth-order valence-corrected chi connectivity index (χ4v) is 6.21. The average Bonchev–Trinajstić information content (AvgIpc) is 3.66. The Labute approximate surface area is 223 Å². The number of carbonyl (C=O) groups is 1. The number of halogens is 4. The zero-order valence-corrected chi connectivity index (χ0v) is 21.4. The average molecular weight is 546 g/mol. The number of aromatic amines is 1. The van der Waals surface area contributed by atoms with E-state index in [0.717, 1.165) is 55.2 Å². The number of nitrogens with two attached hydrogens (primary N) is 1. The van der Waals surface area contributed by atoms with E-state index < -0.39 is 12.1 Å². The summed E-state index contributed by atoms with van der Waals surface area (Å²) in [5.41, 5.74) is 8.35. The van der Waals surface area contributed by atoms with Crippen LogP contribution in [0.5, 0.6) is 5.75 Å². The smallest absolute Gasteiger partial charge is 0.406 e. The lowest BCUT2D eigenvalue weighted by molar-refractivity contribution is -0.274. The highest BCUT2D eigenvalue weighted by atomic mass is 19.4. The molecule has 3 aliphatic rings. The van der Waals surface area contributed by atoms with Crippen molar-refractivity contribution in [1.82, 2.24) is 19.8 Å². The van der Waals surface area contributed by atoms with Gasteiger partial charge in [-0.15, -0.1) is 13.2 Å². The SMILES string of the molecule is Nc1cc(OC(F)(F)F)ccc1C(=O)N1CCC(c2c(F)cnc3[nH]c(C4CCN(C5CC5)CC4)cc23)CC1. The second-order valence-electron chi connectivity index (χ2n) is 10.9. The Kier molecular flexibility index (Phi) is 6.65. The Morgan fingerprint density at radius 1 is 1.00 bits per heavy atom. The molecule has 0 spiro atoms. The quantitative estimate of drug-likeness (QED) is 0.325. The Morgan fingerprint density at radius 3 is 2.33 bits per heavy atom. The molecular formula is C28H31F4N5O2. The van der Waals surface area contributed by atoms with Gasteiger partial charge in [0.1, 0.15) is 17.2 Å². The van der Waals surface area contributed by atoms with E-state index >= 15 is 4.39 Å². The third-order valence-electron chi connectivity index (χ3n) is 8.38. The number of benzene rings is 1. The number of amides is 1. The molecule has 208 valence electrons. The summed E-state index contributed by atoms with van der Waals surface area (Å²) < 4.78 is 56.5. The monoisotopic (exact) mass is 545 g/mol. The Balaban J connectivity index is 1.14. The summed E-state index contributed by atoms with van der Waals surface area (Å²) in [6.07, 6.45) is 2.31. The Bertz CT molecular complexity index is 1370. The second-order valence-corrected chi connectivity index (χ2v) is 10.9. The minimum absolute atomic E-state index is 0.0835. The maximum absolute atomic E-state index is 15.2. The number of nitrogens with zero attached hydrogens (tertiary/aromatic N) is 3. The summed E-state index contributed by atoms with van der Waals surface area (Å²) in [7, 11) is 0. The first-order valence-electron chi connectivity index (χ1n) is 13.5. The van der Waals surface area contributed by atoms with Crippen molar-refractivity contribution >= 4 is 22.6 Å². The fourth-order valence-electron chi connectivity index (χ4n) is 6.21. The molecule has 0 atom stereocenters. The van der Waals surface area contributed by atoms with Crippen LogP contribution in [0.1, 0.15) is 72.0 Å². The highest BCUT2D eigenvalue weighted by Crippen LogP contribution is 2.39. The third-order valence-corrected chi connectivity index (χ3v) is 8.38. The minimum Gasteiger partial charge on any atom is -0.406 e. The number of hydrogen-bond donors (Lipinski definition) is 2. The zero-order valence-electron chi connectivity index (χ0n) is 21.4. The van der Waals surface area contributed by atoms with Crippen molar-refractivity contribution in [2.24, 2.45) is 0 Å². The number of alkyl halides is 3. The number of nitrogens with one attached hydrogen (secondary N) is 1. The van der Waals surface area contributed by atoms with E-state index in [1.54, 1.807) is 4.90 Å². The van der Waals surface area contributed by atoms with Gasteiger partial charge in [0.15, 0.2) is 0 Å². The molecule has 6 rings (SSSR count). The van der Waals surface area contributed by atoms with Crippen LogP contribution in [0.4, 0.5) is 23.2 Å². The molecule has 3 N–H and O–H groups in total.